The van der Waals surface area contributed by atoms with Crippen molar-refractivity contribution in [3.8, 4) is 5.88 Å². The highest BCUT2D eigenvalue weighted by Crippen LogP contribution is 2.16. The van der Waals surface area contributed by atoms with Crippen LogP contribution in [0, 0.1) is 5.92 Å². The number of hydrogen-bond acceptors (Lipinski definition) is 6. The average molecular weight is 344 g/mol. The Morgan fingerprint density at radius 1 is 1.32 bits per heavy atom. The van der Waals surface area contributed by atoms with Gasteiger partial charge in [-0.05, 0) is 18.4 Å². The van der Waals surface area contributed by atoms with Crippen molar-refractivity contribution in [1.82, 2.24) is 25.1 Å². The molecule has 2 aromatic rings. The first kappa shape index (κ1) is 17.2. The molecule has 1 saturated heterocycles. The lowest BCUT2D eigenvalue weighted by molar-refractivity contribution is 0.0740. The van der Waals surface area contributed by atoms with Crippen molar-refractivity contribution in [2.45, 2.75) is 20.3 Å². The molecule has 1 fully saturated rings. The van der Waals surface area contributed by atoms with E-state index < -0.39 is 0 Å². The van der Waals surface area contributed by atoms with Gasteiger partial charge >= 0.3 is 0 Å². The smallest absolute Gasteiger partial charge is 0.274 e. The number of piperazine rings is 1. The van der Waals surface area contributed by atoms with Gasteiger partial charge in [-0.3, -0.25) is 9.89 Å². The highest BCUT2D eigenvalue weighted by atomic mass is 16.5. The molecule has 0 saturated carbocycles. The van der Waals surface area contributed by atoms with Gasteiger partial charge in [-0.25, -0.2) is 4.98 Å². The fraction of sp³-hybridized carbons (Fsp3) is 0.529. The van der Waals surface area contributed by atoms with E-state index in [4.69, 9.17) is 4.74 Å². The average Bonchev–Trinajstić information content (AvgIpc) is 3.09. The van der Waals surface area contributed by atoms with E-state index in [-0.39, 0.29) is 5.91 Å². The van der Waals surface area contributed by atoms with Crippen molar-refractivity contribution >= 4 is 11.9 Å². The van der Waals surface area contributed by atoms with E-state index in [0.29, 0.717) is 49.6 Å². The zero-order valence-electron chi connectivity index (χ0n) is 14.9. The molecule has 0 unspecified atom stereocenters. The maximum absolute atomic E-state index is 12.6. The van der Waals surface area contributed by atoms with Crippen molar-refractivity contribution in [3.63, 3.8) is 0 Å². The summed E-state index contributed by atoms with van der Waals surface area (Å²) in [5, 5.41) is 7.14. The molecule has 0 radical (unpaired) electrons. The van der Waals surface area contributed by atoms with Gasteiger partial charge in [0, 0.05) is 44.1 Å². The summed E-state index contributed by atoms with van der Waals surface area (Å²) in [5.74, 6) is 1.66. The molecule has 8 nitrogen and oxygen atoms in total. The third-order valence-corrected chi connectivity index (χ3v) is 4.15. The van der Waals surface area contributed by atoms with E-state index in [1.165, 1.54) is 0 Å². The lowest BCUT2D eigenvalue weighted by Crippen LogP contribution is -2.49. The third kappa shape index (κ3) is 4.07. The zero-order chi connectivity index (χ0) is 17.8. The number of carbonyl (C=O) groups excluding carboxylic acids is 1. The van der Waals surface area contributed by atoms with Gasteiger partial charge in [0.1, 0.15) is 5.69 Å². The van der Waals surface area contributed by atoms with Crippen LogP contribution in [0.4, 0.5) is 5.95 Å². The van der Waals surface area contributed by atoms with Crippen LogP contribution >= 0.6 is 0 Å². The van der Waals surface area contributed by atoms with Crippen LogP contribution in [0.15, 0.2) is 18.3 Å². The van der Waals surface area contributed by atoms with Crippen molar-refractivity contribution in [1.29, 1.82) is 0 Å². The van der Waals surface area contributed by atoms with Gasteiger partial charge in [-0.1, -0.05) is 13.8 Å². The summed E-state index contributed by atoms with van der Waals surface area (Å²) in [6.07, 6.45) is 2.57. The largest absolute Gasteiger partial charge is 0.481 e. The number of methoxy groups -OCH3 is 1. The molecule has 0 bridgehead atoms. The molecule has 0 atom stereocenters. The highest BCUT2D eigenvalue weighted by Gasteiger charge is 2.25. The fourth-order valence-electron chi connectivity index (χ4n) is 2.89. The van der Waals surface area contributed by atoms with Gasteiger partial charge in [0.05, 0.1) is 7.11 Å². The van der Waals surface area contributed by atoms with Crippen molar-refractivity contribution in [2.75, 3.05) is 38.2 Å². The molecule has 8 heteroatoms. The van der Waals surface area contributed by atoms with E-state index >= 15 is 0 Å². The second-order valence-corrected chi connectivity index (χ2v) is 6.55. The number of ether oxygens (including phenoxy) is 1. The van der Waals surface area contributed by atoms with Crippen molar-refractivity contribution in [2.24, 2.45) is 5.92 Å². The first-order chi connectivity index (χ1) is 12.1. The Balaban J connectivity index is 1.59. The summed E-state index contributed by atoms with van der Waals surface area (Å²) < 4.78 is 5.14. The Hall–Kier alpha value is -2.64. The monoisotopic (exact) mass is 344 g/mol. The Morgan fingerprint density at radius 2 is 2.08 bits per heavy atom. The molecule has 3 heterocycles. The number of aromatic nitrogens is 4. The second-order valence-electron chi connectivity index (χ2n) is 6.55. The van der Waals surface area contributed by atoms with Crippen LogP contribution < -0.4 is 9.64 Å². The quantitative estimate of drug-likeness (QED) is 0.881. The standard InChI is InChI=1S/C17H24N6O2/c1-12(2)10-13-11-14(21-20-13)16(24)22-6-8-23(9-7-22)17-18-5-4-15(19-17)25-3/h4-5,11-12H,6-10H2,1-3H3,(H,20,21). The van der Waals surface area contributed by atoms with E-state index in [9.17, 15) is 4.79 Å². The number of anilines is 1. The Kier molecular flexibility index (Phi) is 5.16. The number of H-pyrrole nitrogens is 1. The van der Waals surface area contributed by atoms with Gasteiger partial charge in [0.2, 0.25) is 11.8 Å². The summed E-state index contributed by atoms with van der Waals surface area (Å²) in [7, 11) is 1.58. The van der Waals surface area contributed by atoms with Gasteiger partial charge < -0.3 is 14.5 Å². The van der Waals surface area contributed by atoms with Crippen molar-refractivity contribution in [3.05, 3.63) is 29.7 Å². The normalized spacial score (nSPS) is 14.9. The predicted molar refractivity (Wildman–Crippen MR) is 93.8 cm³/mol. The van der Waals surface area contributed by atoms with Crippen LogP contribution in [0.1, 0.15) is 30.0 Å². The summed E-state index contributed by atoms with van der Waals surface area (Å²) in [4.78, 5) is 25.1. The number of rotatable bonds is 5. The number of hydrogen-bond donors (Lipinski definition) is 1. The summed E-state index contributed by atoms with van der Waals surface area (Å²) >= 11 is 0. The minimum absolute atomic E-state index is 0.0301. The zero-order valence-corrected chi connectivity index (χ0v) is 14.9. The van der Waals surface area contributed by atoms with Gasteiger partial charge in [0.25, 0.3) is 5.91 Å². The molecule has 1 aliphatic heterocycles. The summed E-state index contributed by atoms with van der Waals surface area (Å²) in [6, 6.07) is 3.58. The second kappa shape index (κ2) is 7.50. The minimum atomic E-state index is -0.0301. The first-order valence-corrected chi connectivity index (χ1v) is 8.52. The number of nitrogens with zero attached hydrogens (tertiary/aromatic N) is 5. The van der Waals surface area contributed by atoms with E-state index in [2.05, 4.69) is 38.9 Å². The van der Waals surface area contributed by atoms with Gasteiger partial charge in [-0.15, -0.1) is 0 Å². The SMILES string of the molecule is COc1ccnc(N2CCN(C(=O)c3cc(CC(C)C)[nH]n3)CC2)n1. The molecule has 1 N–H and O–H groups in total. The maximum atomic E-state index is 12.6. The van der Waals surface area contributed by atoms with Crippen LogP contribution in [0.3, 0.4) is 0 Å². The van der Waals surface area contributed by atoms with Crippen molar-refractivity contribution < 1.29 is 9.53 Å². The Morgan fingerprint density at radius 3 is 2.76 bits per heavy atom. The van der Waals surface area contributed by atoms with E-state index in [1.54, 1.807) is 19.4 Å². The topological polar surface area (TPSA) is 87.2 Å². The molecule has 2 aromatic heterocycles. The molecular weight excluding hydrogens is 320 g/mol. The molecule has 3 rings (SSSR count). The molecule has 1 amide bonds. The lowest BCUT2D eigenvalue weighted by Gasteiger charge is -2.34. The third-order valence-electron chi connectivity index (χ3n) is 4.15. The molecule has 0 aromatic carbocycles. The molecule has 1 aliphatic rings. The number of amides is 1. The van der Waals surface area contributed by atoms with E-state index in [0.717, 1.165) is 12.1 Å². The Labute approximate surface area is 147 Å². The number of aromatic amines is 1. The fourth-order valence-corrected chi connectivity index (χ4v) is 2.89. The van der Waals surface area contributed by atoms with Crippen LogP contribution in [0.25, 0.3) is 0 Å². The molecular formula is C17H24N6O2. The predicted octanol–water partition coefficient (Wildman–Crippen LogP) is 1.37. The van der Waals surface area contributed by atoms with Crippen LogP contribution in [0.2, 0.25) is 0 Å². The van der Waals surface area contributed by atoms with Gasteiger partial charge in [0.15, 0.2) is 0 Å². The number of carbonyl (C=O) groups is 1. The summed E-state index contributed by atoms with van der Waals surface area (Å²) in [6.45, 7) is 6.88. The van der Waals surface area contributed by atoms with Crippen LogP contribution in [0.5, 0.6) is 5.88 Å². The Bertz CT molecular complexity index is 721. The van der Waals surface area contributed by atoms with Crippen LogP contribution in [-0.2, 0) is 6.42 Å². The lowest BCUT2D eigenvalue weighted by atomic mass is 10.1. The summed E-state index contributed by atoms with van der Waals surface area (Å²) in [5.41, 5.74) is 1.49. The number of nitrogens with one attached hydrogen (secondary N) is 1. The molecule has 0 aliphatic carbocycles. The van der Waals surface area contributed by atoms with E-state index in [1.807, 2.05) is 11.0 Å². The molecule has 25 heavy (non-hydrogen) atoms. The highest BCUT2D eigenvalue weighted by molar-refractivity contribution is 5.92. The van der Waals surface area contributed by atoms with Crippen LogP contribution in [-0.4, -0.2) is 64.3 Å². The van der Waals surface area contributed by atoms with Gasteiger partial charge in [-0.2, -0.15) is 10.1 Å². The maximum Gasteiger partial charge on any atom is 0.274 e. The minimum Gasteiger partial charge on any atom is -0.481 e. The first-order valence-electron chi connectivity index (χ1n) is 8.52. The molecule has 134 valence electrons. The molecule has 0 spiro atoms.